The molecule has 0 aliphatic heterocycles. The van der Waals surface area contributed by atoms with Crippen molar-refractivity contribution in [2.45, 2.75) is 20.3 Å². The van der Waals surface area contributed by atoms with Gasteiger partial charge in [0.1, 0.15) is 0 Å². The summed E-state index contributed by atoms with van der Waals surface area (Å²) in [5, 5.41) is 9.83. The minimum absolute atomic E-state index is 0.111. The number of aromatic hydroxyl groups is 1. The van der Waals surface area contributed by atoms with Gasteiger partial charge in [-0.1, -0.05) is 23.2 Å². The van der Waals surface area contributed by atoms with E-state index in [0.717, 1.165) is 10.6 Å². The average Bonchev–Trinajstić information content (AvgIpc) is 2.93. The number of esters is 1. The molecular formula is C20H15Cl2F2NO4. The zero-order chi connectivity index (χ0) is 21.5. The highest BCUT2D eigenvalue weighted by atomic mass is 35.5. The van der Waals surface area contributed by atoms with Crippen LogP contribution in [0, 0.1) is 18.6 Å². The predicted octanol–water partition coefficient (Wildman–Crippen LogP) is 5.03. The number of halogens is 4. The van der Waals surface area contributed by atoms with Gasteiger partial charge in [-0.2, -0.15) is 0 Å². The van der Waals surface area contributed by atoms with Crippen molar-refractivity contribution in [2.75, 3.05) is 6.61 Å². The molecule has 9 heteroatoms. The van der Waals surface area contributed by atoms with Crippen LogP contribution in [0.3, 0.4) is 0 Å². The molecule has 0 aliphatic rings. The quantitative estimate of drug-likeness (QED) is 0.576. The topological polar surface area (TPSA) is 68.5 Å². The lowest BCUT2D eigenvalue weighted by atomic mass is 10.1. The lowest BCUT2D eigenvalue weighted by Gasteiger charge is -2.09. The van der Waals surface area contributed by atoms with Crippen molar-refractivity contribution >= 4 is 46.0 Å². The molecule has 0 saturated carbocycles. The summed E-state index contributed by atoms with van der Waals surface area (Å²) in [5.74, 6) is -4.98. The lowest BCUT2D eigenvalue weighted by molar-refractivity contribution is -0.142. The molecule has 0 aliphatic carbocycles. The molecule has 1 heterocycles. The van der Waals surface area contributed by atoms with E-state index in [-0.39, 0.29) is 50.8 Å². The maximum Gasteiger partial charge on any atom is 0.310 e. The fourth-order valence-corrected chi connectivity index (χ4v) is 3.45. The van der Waals surface area contributed by atoms with E-state index in [1.807, 2.05) is 0 Å². The Balaban J connectivity index is 2.29. The molecule has 29 heavy (non-hydrogen) atoms. The number of carbonyl (C=O) groups excluding carboxylic acids is 2. The van der Waals surface area contributed by atoms with Gasteiger partial charge in [0.15, 0.2) is 17.4 Å². The third kappa shape index (κ3) is 3.68. The number of fused-ring (bicyclic) bond motifs is 1. The highest BCUT2D eigenvalue weighted by Crippen LogP contribution is 2.36. The first-order valence-corrected chi connectivity index (χ1v) is 9.29. The van der Waals surface area contributed by atoms with Crippen LogP contribution in [-0.4, -0.2) is 28.2 Å². The summed E-state index contributed by atoms with van der Waals surface area (Å²) in [4.78, 5) is 25.1. The molecule has 0 amide bonds. The number of hydrogen-bond donors (Lipinski definition) is 1. The minimum atomic E-state index is -1.26. The van der Waals surface area contributed by atoms with Gasteiger partial charge in [-0.25, -0.2) is 8.78 Å². The van der Waals surface area contributed by atoms with Crippen LogP contribution in [0.2, 0.25) is 10.0 Å². The summed E-state index contributed by atoms with van der Waals surface area (Å²) < 4.78 is 34.7. The van der Waals surface area contributed by atoms with Gasteiger partial charge in [-0.05, 0) is 37.6 Å². The highest BCUT2D eigenvalue weighted by Gasteiger charge is 2.27. The van der Waals surface area contributed by atoms with Gasteiger partial charge in [-0.15, -0.1) is 0 Å². The van der Waals surface area contributed by atoms with Crippen molar-refractivity contribution < 1.29 is 28.2 Å². The van der Waals surface area contributed by atoms with E-state index in [9.17, 15) is 23.5 Å². The average molecular weight is 442 g/mol. The van der Waals surface area contributed by atoms with E-state index < -0.39 is 29.3 Å². The molecule has 1 N–H and O–H groups in total. The zero-order valence-corrected chi connectivity index (χ0v) is 16.9. The van der Waals surface area contributed by atoms with E-state index in [4.69, 9.17) is 27.9 Å². The zero-order valence-electron chi connectivity index (χ0n) is 15.4. The van der Waals surface area contributed by atoms with Crippen LogP contribution in [-0.2, 0) is 16.0 Å². The van der Waals surface area contributed by atoms with Crippen molar-refractivity contribution in [3.63, 3.8) is 0 Å². The second kappa shape index (κ2) is 8.00. The summed E-state index contributed by atoms with van der Waals surface area (Å²) in [7, 11) is 0. The highest BCUT2D eigenvalue weighted by molar-refractivity contribution is 6.42. The first-order valence-electron chi connectivity index (χ1n) is 8.53. The summed E-state index contributed by atoms with van der Waals surface area (Å²) in [6, 6.07) is 5.01. The van der Waals surface area contributed by atoms with Crippen molar-refractivity contribution in [3.05, 3.63) is 62.8 Å². The number of phenolic OH excluding ortho intramolecular Hbond substituents is 1. The molecular weight excluding hydrogens is 427 g/mol. The van der Waals surface area contributed by atoms with Gasteiger partial charge in [0, 0.05) is 22.7 Å². The van der Waals surface area contributed by atoms with Crippen molar-refractivity contribution in [2.24, 2.45) is 0 Å². The van der Waals surface area contributed by atoms with E-state index >= 15 is 0 Å². The molecule has 0 fully saturated rings. The third-order valence-electron chi connectivity index (χ3n) is 4.48. The van der Waals surface area contributed by atoms with Crippen LogP contribution >= 0.6 is 23.2 Å². The Morgan fingerprint density at radius 1 is 1.17 bits per heavy atom. The van der Waals surface area contributed by atoms with E-state index in [0.29, 0.717) is 0 Å². The predicted molar refractivity (Wildman–Crippen MR) is 105 cm³/mol. The molecule has 0 saturated heterocycles. The number of aromatic nitrogens is 1. The second-order valence-corrected chi connectivity index (χ2v) is 7.04. The van der Waals surface area contributed by atoms with Crippen LogP contribution < -0.4 is 0 Å². The molecule has 1 aromatic heterocycles. The van der Waals surface area contributed by atoms with Crippen LogP contribution in [0.1, 0.15) is 28.5 Å². The summed E-state index contributed by atoms with van der Waals surface area (Å²) >= 11 is 11.9. The Morgan fingerprint density at radius 2 is 1.86 bits per heavy atom. The van der Waals surface area contributed by atoms with Gasteiger partial charge in [0.05, 0.1) is 28.6 Å². The van der Waals surface area contributed by atoms with Crippen LogP contribution in [0.25, 0.3) is 10.9 Å². The standard InChI is InChI=1S/C20H15Cl2F2NO4/c1-3-29-16(26)7-11-9(2)25(15-8-14(23)19(27)18(24)17(11)15)20(28)10-4-5-12(21)13(22)6-10/h4-6,8,27H,3,7H2,1-2H3. The van der Waals surface area contributed by atoms with Gasteiger partial charge in [0.25, 0.3) is 5.91 Å². The van der Waals surface area contributed by atoms with Gasteiger partial charge in [-0.3, -0.25) is 14.2 Å². The normalized spacial score (nSPS) is 11.1. The Kier molecular flexibility index (Phi) is 5.82. The molecule has 152 valence electrons. The van der Waals surface area contributed by atoms with Crippen LogP contribution in [0.5, 0.6) is 5.75 Å². The third-order valence-corrected chi connectivity index (χ3v) is 5.22. The van der Waals surface area contributed by atoms with Gasteiger partial charge < -0.3 is 9.84 Å². The molecule has 0 unspecified atom stereocenters. The SMILES string of the molecule is CCOC(=O)Cc1c(C)n(C(=O)c2ccc(Cl)c(Cl)c2)c2cc(F)c(O)c(F)c12. The summed E-state index contributed by atoms with van der Waals surface area (Å²) in [5.41, 5.74) is 0.300. The number of rotatable bonds is 4. The minimum Gasteiger partial charge on any atom is -0.503 e. The van der Waals surface area contributed by atoms with E-state index in [1.54, 1.807) is 6.92 Å². The molecule has 0 spiro atoms. The fourth-order valence-electron chi connectivity index (χ4n) is 3.15. The fraction of sp³-hybridized carbons (Fsp3) is 0.200. The van der Waals surface area contributed by atoms with E-state index in [1.165, 1.54) is 25.1 Å². The van der Waals surface area contributed by atoms with Crippen molar-refractivity contribution in [1.29, 1.82) is 0 Å². The first-order chi connectivity index (χ1) is 13.7. The first kappa shape index (κ1) is 21.1. The Labute approximate surface area is 174 Å². The van der Waals surface area contributed by atoms with Crippen molar-refractivity contribution in [1.82, 2.24) is 4.57 Å². The Morgan fingerprint density at radius 3 is 2.48 bits per heavy atom. The number of nitrogens with zero attached hydrogens (tertiary/aromatic N) is 1. The summed E-state index contributed by atoms with van der Waals surface area (Å²) in [6.45, 7) is 3.21. The number of carbonyl (C=O) groups is 2. The molecule has 0 radical (unpaired) electrons. The molecule has 0 bridgehead atoms. The van der Waals surface area contributed by atoms with Crippen LogP contribution in [0.15, 0.2) is 24.3 Å². The second-order valence-electron chi connectivity index (χ2n) is 6.23. The Hall–Kier alpha value is -2.64. The summed E-state index contributed by atoms with van der Waals surface area (Å²) in [6.07, 6.45) is -0.361. The maximum absolute atomic E-state index is 14.7. The number of benzene rings is 2. The van der Waals surface area contributed by atoms with E-state index in [2.05, 4.69) is 0 Å². The van der Waals surface area contributed by atoms with Gasteiger partial charge >= 0.3 is 5.97 Å². The van der Waals surface area contributed by atoms with Gasteiger partial charge in [0.2, 0.25) is 0 Å². The monoisotopic (exact) mass is 441 g/mol. The Bertz CT molecular complexity index is 1160. The van der Waals surface area contributed by atoms with Crippen molar-refractivity contribution in [3.8, 4) is 5.75 Å². The number of ether oxygens (including phenoxy) is 1. The molecule has 3 aromatic rings. The largest absolute Gasteiger partial charge is 0.503 e. The molecule has 2 aromatic carbocycles. The maximum atomic E-state index is 14.7. The smallest absolute Gasteiger partial charge is 0.310 e. The number of hydrogen-bond acceptors (Lipinski definition) is 4. The lowest BCUT2D eigenvalue weighted by Crippen LogP contribution is -2.14. The molecule has 5 nitrogen and oxygen atoms in total. The number of phenols is 1. The molecule has 3 rings (SSSR count). The van der Waals surface area contributed by atoms with Crippen LogP contribution in [0.4, 0.5) is 8.78 Å². The molecule has 0 atom stereocenters.